The summed E-state index contributed by atoms with van der Waals surface area (Å²) in [6.07, 6.45) is 1.53. The van der Waals surface area contributed by atoms with Gasteiger partial charge in [0.05, 0.1) is 45.1 Å². The van der Waals surface area contributed by atoms with Crippen LogP contribution >= 0.6 is 0 Å². The Morgan fingerprint density at radius 3 is 2.59 bits per heavy atom. The maximum Gasteiger partial charge on any atom is 0.341 e. The monoisotopic (exact) mass is 403 g/mol. The Balaban J connectivity index is 2.04. The number of nitrogens with one attached hydrogen (secondary N) is 1. The van der Waals surface area contributed by atoms with Gasteiger partial charge in [-0.15, -0.1) is 0 Å². The lowest BCUT2D eigenvalue weighted by atomic mass is 10.1. The van der Waals surface area contributed by atoms with Gasteiger partial charge < -0.3 is 24.3 Å². The van der Waals surface area contributed by atoms with Crippen molar-refractivity contribution >= 4 is 22.6 Å². The Morgan fingerprint density at radius 2 is 1.93 bits per heavy atom. The molecule has 1 aromatic heterocycles. The average molecular weight is 403 g/mol. The molecule has 8 heteroatoms. The SMILES string of the molecule is CCOC(=O)c1cnc2c(OC)ccc(OC)c2c1NC(C)CN1CCOCC1. The molecule has 0 aliphatic carbocycles. The minimum atomic E-state index is -0.423. The minimum absolute atomic E-state index is 0.0720. The second-order valence-electron chi connectivity index (χ2n) is 6.92. The van der Waals surface area contributed by atoms with E-state index in [1.54, 1.807) is 27.2 Å². The third kappa shape index (κ3) is 4.71. The number of carbonyl (C=O) groups is 1. The van der Waals surface area contributed by atoms with E-state index in [2.05, 4.69) is 22.1 Å². The highest BCUT2D eigenvalue weighted by Crippen LogP contribution is 2.39. The Morgan fingerprint density at radius 1 is 1.24 bits per heavy atom. The number of ether oxygens (including phenoxy) is 4. The standard InChI is InChI=1S/C21H29N3O5/c1-5-29-21(25)15-12-22-20-17(27-4)7-6-16(26-3)18(20)19(15)23-14(2)13-24-8-10-28-11-9-24/h6-7,12,14H,5,8-11,13H2,1-4H3,(H,22,23). The topological polar surface area (TPSA) is 82.2 Å². The Kier molecular flexibility index (Phi) is 7.11. The first kappa shape index (κ1) is 21.1. The van der Waals surface area contributed by atoms with E-state index in [-0.39, 0.29) is 12.6 Å². The van der Waals surface area contributed by atoms with Gasteiger partial charge in [-0.25, -0.2) is 4.79 Å². The molecular formula is C21H29N3O5. The summed E-state index contributed by atoms with van der Waals surface area (Å²) in [5.41, 5.74) is 1.64. The number of morpholine rings is 1. The van der Waals surface area contributed by atoms with Crippen molar-refractivity contribution in [3.63, 3.8) is 0 Å². The Hall–Kier alpha value is -2.58. The first-order valence-corrected chi connectivity index (χ1v) is 9.86. The number of pyridine rings is 1. The van der Waals surface area contributed by atoms with Gasteiger partial charge in [-0.2, -0.15) is 0 Å². The first-order valence-electron chi connectivity index (χ1n) is 9.86. The van der Waals surface area contributed by atoms with Crippen molar-refractivity contribution in [3.05, 3.63) is 23.9 Å². The van der Waals surface area contributed by atoms with E-state index in [4.69, 9.17) is 18.9 Å². The number of carbonyl (C=O) groups excluding carboxylic acids is 1. The van der Waals surface area contributed by atoms with Crippen molar-refractivity contribution in [1.82, 2.24) is 9.88 Å². The predicted octanol–water partition coefficient (Wildman–Crippen LogP) is 2.56. The average Bonchev–Trinajstić information content (AvgIpc) is 2.73. The number of nitrogens with zero attached hydrogens (tertiary/aromatic N) is 2. The van der Waals surface area contributed by atoms with Gasteiger partial charge in [0.2, 0.25) is 0 Å². The number of benzene rings is 1. The normalized spacial score (nSPS) is 15.7. The molecule has 0 saturated carbocycles. The van der Waals surface area contributed by atoms with Crippen molar-refractivity contribution in [2.24, 2.45) is 0 Å². The van der Waals surface area contributed by atoms with Gasteiger partial charge >= 0.3 is 5.97 Å². The van der Waals surface area contributed by atoms with Crippen molar-refractivity contribution in [1.29, 1.82) is 0 Å². The number of methoxy groups -OCH3 is 2. The summed E-state index contributed by atoms with van der Waals surface area (Å²) in [6.45, 7) is 8.24. The van der Waals surface area contributed by atoms with Crippen molar-refractivity contribution in [2.75, 3.05) is 59.0 Å². The second kappa shape index (κ2) is 9.76. The molecule has 1 aromatic carbocycles. The number of rotatable bonds is 8. The molecule has 3 rings (SSSR count). The molecule has 1 atom stereocenters. The van der Waals surface area contributed by atoms with Gasteiger partial charge in [0.1, 0.15) is 22.6 Å². The third-order valence-electron chi connectivity index (χ3n) is 4.91. The first-order chi connectivity index (χ1) is 14.1. The molecule has 0 amide bonds. The molecule has 2 heterocycles. The van der Waals surface area contributed by atoms with Gasteiger partial charge in [-0.1, -0.05) is 0 Å². The minimum Gasteiger partial charge on any atom is -0.496 e. The van der Waals surface area contributed by atoms with E-state index in [9.17, 15) is 4.79 Å². The molecule has 29 heavy (non-hydrogen) atoms. The number of fused-ring (bicyclic) bond motifs is 1. The molecule has 0 spiro atoms. The van der Waals surface area contributed by atoms with E-state index < -0.39 is 5.97 Å². The smallest absolute Gasteiger partial charge is 0.341 e. The van der Waals surface area contributed by atoms with Crippen LogP contribution in [0.25, 0.3) is 10.9 Å². The zero-order chi connectivity index (χ0) is 20.8. The maximum absolute atomic E-state index is 12.6. The summed E-state index contributed by atoms with van der Waals surface area (Å²) in [5.74, 6) is 0.799. The number of anilines is 1. The number of aromatic nitrogens is 1. The van der Waals surface area contributed by atoms with E-state index in [0.717, 1.165) is 32.8 Å². The van der Waals surface area contributed by atoms with Crippen LogP contribution in [0.15, 0.2) is 18.3 Å². The van der Waals surface area contributed by atoms with Crippen LogP contribution in [0, 0.1) is 0 Å². The predicted molar refractivity (Wildman–Crippen MR) is 111 cm³/mol. The van der Waals surface area contributed by atoms with E-state index in [1.807, 2.05) is 6.07 Å². The van der Waals surface area contributed by atoms with Crippen LogP contribution in [-0.2, 0) is 9.47 Å². The lowest BCUT2D eigenvalue weighted by molar-refractivity contribution is 0.0368. The summed E-state index contributed by atoms with van der Waals surface area (Å²) in [5, 5.41) is 4.21. The molecule has 1 saturated heterocycles. The molecule has 1 aliphatic rings. The van der Waals surface area contributed by atoms with Crippen molar-refractivity contribution < 1.29 is 23.7 Å². The largest absolute Gasteiger partial charge is 0.496 e. The van der Waals surface area contributed by atoms with Crippen LogP contribution < -0.4 is 14.8 Å². The lowest BCUT2D eigenvalue weighted by Gasteiger charge is -2.30. The van der Waals surface area contributed by atoms with Gasteiger partial charge in [0, 0.05) is 31.9 Å². The lowest BCUT2D eigenvalue weighted by Crippen LogP contribution is -2.42. The fourth-order valence-corrected chi connectivity index (χ4v) is 3.56. The zero-order valence-electron chi connectivity index (χ0n) is 17.5. The Bertz CT molecular complexity index is 852. The summed E-state index contributed by atoms with van der Waals surface area (Å²) in [7, 11) is 3.19. The van der Waals surface area contributed by atoms with Crippen LogP contribution in [0.1, 0.15) is 24.2 Å². The highest BCUT2D eigenvalue weighted by molar-refractivity contribution is 6.08. The molecule has 2 aromatic rings. The van der Waals surface area contributed by atoms with E-state index in [0.29, 0.717) is 33.7 Å². The molecular weight excluding hydrogens is 374 g/mol. The molecule has 1 fully saturated rings. The molecule has 1 unspecified atom stereocenters. The zero-order valence-corrected chi connectivity index (χ0v) is 17.5. The second-order valence-corrected chi connectivity index (χ2v) is 6.92. The Labute approximate surface area is 171 Å². The number of esters is 1. The molecule has 0 bridgehead atoms. The van der Waals surface area contributed by atoms with Gasteiger partial charge in [0.25, 0.3) is 0 Å². The van der Waals surface area contributed by atoms with Crippen molar-refractivity contribution in [3.8, 4) is 11.5 Å². The summed E-state index contributed by atoms with van der Waals surface area (Å²) in [6, 6.07) is 3.69. The van der Waals surface area contributed by atoms with Gasteiger partial charge in [-0.05, 0) is 26.0 Å². The van der Waals surface area contributed by atoms with Crippen LogP contribution in [0.5, 0.6) is 11.5 Å². The molecule has 0 radical (unpaired) electrons. The van der Waals surface area contributed by atoms with Crippen LogP contribution in [0.2, 0.25) is 0 Å². The van der Waals surface area contributed by atoms with Crippen LogP contribution in [0.4, 0.5) is 5.69 Å². The highest BCUT2D eigenvalue weighted by Gasteiger charge is 2.23. The quantitative estimate of drug-likeness (QED) is 0.674. The number of hydrogen-bond donors (Lipinski definition) is 1. The molecule has 1 aliphatic heterocycles. The van der Waals surface area contributed by atoms with E-state index >= 15 is 0 Å². The van der Waals surface area contributed by atoms with E-state index in [1.165, 1.54) is 6.20 Å². The molecule has 8 nitrogen and oxygen atoms in total. The maximum atomic E-state index is 12.6. The van der Waals surface area contributed by atoms with Crippen LogP contribution in [-0.4, -0.2) is 75.6 Å². The van der Waals surface area contributed by atoms with Gasteiger partial charge in [0.15, 0.2) is 0 Å². The summed E-state index contributed by atoms with van der Waals surface area (Å²) < 4.78 is 21.7. The van der Waals surface area contributed by atoms with Gasteiger partial charge in [-0.3, -0.25) is 9.88 Å². The number of hydrogen-bond acceptors (Lipinski definition) is 8. The fraction of sp³-hybridized carbons (Fsp3) is 0.524. The van der Waals surface area contributed by atoms with Crippen LogP contribution in [0.3, 0.4) is 0 Å². The van der Waals surface area contributed by atoms with Crippen molar-refractivity contribution in [2.45, 2.75) is 19.9 Å². The summed E-state index contributed by atoms with van der Waals surface area (Å²) >= 11 is 0. The highest BCUT2D eigenvalue weighted by atomic mass is 16.5. The fourth-order valence-electron chi connectivity index (χ4n) is 3.56. The molecule has 158 valence electrons. The molecule has 1 N–H and O–H groups in total. The summed E-state index contributed by atoms with van der Waals surface area (Å²) in [4.78, 5) is 19.4. The third-order valence-corrected chi connectivity index (χ3v) is 4.91.